The molecule has 100 valence electrons. The minimum Gasteiger partial charge on any atom is -0.364 e. The smallest absolute Gasteiger partial charge is 0.265 e. The number of aromatic amines is 1. The summed E-state index contributed by atoms with van der Waals surface area (Å²) in [6, 6.07) is 10.4. The predicted molar refractivity (Wildman–Crippen MR) is 77.1 cm³/mol. The van der Waals surface area contributed by atoms with Gasteiger partial charge in [-0.15, -0.1) is 0 Å². The Balaban J connectivity index is 1.83. The van der Waals surface area contributed by atoms with Gasteiger partial charge in [0.1, 0.15) is 5.69 Å². The highest BCUT2D eigenvalue weighted by Gasteiger charge is 2.08. The van der Waals surface area contributed by atoms with Crippen molar-refractivity contribution in [2.75, 3.05) is 0 Å². The van der Waals surface area contributed by atoms with Gasteiger partial charge in [-0.05, 0) is 55.4 Å². The van der Waals surface area contributed by atoms with Gasteiger partial charge in [-0.2, -0.15) is 0 Å². The van der Waals surface area contributed by atoms with Crippen molar-refractivity contribution >= 4 is 5.91 Å². The molecule has 0 saturated heterocycles. The van der Waals surface area contributed by atoms with Crippen molar-refractivity contribution in [3.05, 3.63) is 58.9 Å². The summed E-state index contributed by atoms with van der Waals surface area (Å²) in [6.45, 7) is 2.15. The number of H-pyrrole nitrogens is 1. The van der Waals surface area contributed by atoms with E-state index in [1.807, 2.05) is 6.07 Å². The van der Waals surface area contributed by atoms with Crippen LogP contribution in [0.1, 0.15) is 40.0 Å². The van der Waals surface area contributed by atoms with Crippen molar-refractivity contribution in [1.82, 2.24) is 4.98 Å². The van der Waals surface area contributed by atoms with Crippen molar-refractivity contribution in [3.63, 3.8) is 0 Å². The number of amides is 1. The summed E-state index contributed by atoms with van der Waals surface area (Å²) >= 11 is 0. The number of nitrogens with one attached hydrogen (secondary N) is 1. The van der Waals surface area contributed by atoms with E-state index in [9.17, 15) is 4.79 Å². The fraction of sp³-hybridized carbons (Fsp3) is 0.312. The average Bonchev–Trinajstić information content (AvgIpc) is 2.85. The lowest BCUT2D eigenvalue weighted by molar-refractivity contribution is 0.0995. The lowest BCUT2D eigenvalue weighted by atomic mass is 10.0. The van der Waals surface area contributed by atoms with Crippen LogP contribution in [0.15, 0.2) is 36.5 Å². The van der Waals surface area contributed by atoms with E-state index in [0.717, 1.165) is 31.2 Å². The first-order chi connectivity index (χ1) is 9.18. The van der Waals surface area contributed by atoms with Gasteiger partial charge in [0.25, 0.3) is 5.91 Å². The summed E-state index contributed by atoms with van der Waals surface area (Å²) in [4.78, 5) is 14.1. The molecule has 0 aliphatic rings. The van der Waals surface area contributed by atoms with Gasteiger partial charge in [0.2, 0.25) is 0 Å². The molecule has 0 aliphatic carbocycles. The number of unbranched alkanes of at least 4 members (excludes halogenated alkanes) is 1. The lowest BCUT2D eigenvalue weighted by Gasteiger charge is -2.05. The Morgan fingerprint density at radius 3 is 2.47 bits per heavy atom. The maximum absolute atomic E-state index is 11.2. The van der Waals surface area contributed by atoms with Gasteiger partial charge in [-0.25, -0.2) is 0 Å². The van der Waals surface area contributed by atoms with Crippen LogP contribution in [0.2, 0.25) is 0 Å². The minimum absolute atomic E-state index is 0.376. The van der Waals surface area contributed by atoms with Crippen molar-refractivity contribution in [2.45, 2.75) is 32.6 Å². The van der Waals surface area contributed by atoms with Crippen LogP contribution in [0.25, 0.3) is 0 Å². The lowest BCUT2D eigenvalue weighted by Crippen LogP contribution is -2.13. The molecule has 1 heterocycles. The zero-order chi connectivity index (χ0) is 13.7. The molecule has 1 aromatic carbocycles. The number of carbonyl (C=O) groups excluding carboxylic acids is 1. The van der Waals surface area contributed by atoms with Crippen molar-refractivity contribution in [2.24, 2.45) is 5.73 Å². The summed E-state index contributed by atoms with van der Waals surface area (Å²) in [6.07, 6.45) is 5.94. The molecule has 0 fully saturated rings. The molecule has 19 heavy (non-hydrogen) atoms. The maximum Gasteiger partial charge on any atom is 0.265 e. The summed E-state index contributed by atoms with van der Waals surface area (Å²) in [5, 5.41) is 0. The van der Waals surface area contributed by atoms with Crippen LogP contribution in [0, 0.1) is 6.92 Å². The van der Waals surface area contributed by atoms with E-state index < -0.39 is 0 Å². The molecule has 0 bridgehead atoms. The van der Waals surface area contributed by atoms with Gasteiger partial charge >= 0.3 is 0 Å². The molecule has 0 aliphatic heterocycles. The van der Waals surface area contributed by atoms with Crippen molar-refractivity contribution in [1.29, 1.82) is 0 Å². The topological polar surface area (TPSA) is 58.9 Å². The maximum atomic E-state index is 11.2. The Bertz CT molecular complexity index is 557. The summed E-state index contributed by atoms with van der Waals surface area (Å²) in [5.41, 5.74) is 9.64. The SMILES string of the molecule is Cc1ccccc1CCCCc1cc[nH]c1C(N)=O. The Hall–Kier alpha value is -2.03. The fourth-order valence-electron chi connectivity index (χ4n) is 2.36. The Morgan fingerprint density at radius 2 is 1.79 bits per heavy atom. The molecule has 1 aromatic heterocycles. The number of carbonyl (C=O) groups is 1. The zero-order valence-electron chi connectivity index (χ0n) is 11.3. The first-order valence-corrected chi connectivity index (χ1v) is 6.69. The molecular formula is C16H20N2O. The molecule has 3 N–H and O–H groups in total. The molecule has 0 atom stereocenters. The number of nitrogens with two attached hydrogens (primary N) is 1. The second-order valence-corrected chi connectivity index (χ2v) is 4.88. The normalized spacial score (nSPS) is 10.6. The fourth-order valence-corrected chi connectivity index (χ4v) is 2.36. The minimum atomic E-state index is -0.376. The van der Waals surface area contributed by atoms with E-state index in [1.165, 1.54) is 11.1 Å². The highest BCUT2D eigenvalue weighted by molar-refractivity contribution is 5.92. The van der Waals surface area contributed by atoms with Gasteiger partial charge in [-0.1, -0.05) is 24.3 Å². The summed E-state index contributed by atoms with van der Waals surface area (Å²) in [7, 11) is 0. The quantitative estimate of drug-likeness (QED) is 0.767. The molecule has 0 unspecified atom stereocenters. The van der Waals surface area contributed by atoms with Crippen molar-refractivity contribution in [3.8, 4) is 0 Å². The van der Waals surface area contributed by atoms with Crippen LogP contribution in [0.5, 0.6) is 0 Å². The summed E-state index contributed by atoms with van der Waals surface area (Å²) in [5.74, 6) is -0.376. The highest BCUT2D eigenvalue weighted by atomic mass is 16.1. The molecule has 0 radical (unpaired) electrons. The van der Waals surface area contributed by atoms with E-state index in [0.29, 0.717) is 5.69 Å². The van der Waals surface area contributed by atoms with Gasteiger partial charge < -0.3 is 10.7 Å². The Labute approximate surface area is 113 Å². The molecule has 2 rings (SSSR count). The third-order valence-corrected chi connectivity index (χ3v) is 3.48. The number of primary amides is 1. The third-order valence-electron chi connectivity index (χ3n) is 3.48. The molecule has 1 amide bonds. The number of aromatic nitrogens is 1. The van der Waals surface area contributed by atoms with Crippen molar-refractivity contribution < 1.29 is 4.79 Å². The van der Waals surface area contributed by atoms with Crippen LogP contribution in [0.4, 0.5) is 0 Å². The van der Waals surface area contributed by atoms with E-state index >= 15 is 0 Å². The first kappa shape index (κ1) is 13.4. The number of hydrogen-bond acceptors (Lipinski definition) is 1. The second kappa shape index (κ2) is 6.23. The third kappa shape index (κ3) is 3.47. The van der Waals surface area contributed by atoms with Gasteiger partial charge in [0, 0.05) is 6.20 Å². The largest absolute Gasteiger partial charge is 0.364 e. The van der Waals surface area contributed by atoms with Gasteiger partial charge in [0.15, 0.2) is 0 Å². The number of rotatable bonds is 6. The standard InChI is InChI=1S/C16H20N2O/c1-12-6-2-3-7-13(12)8-4-5-9-14-10-11-18-15(14)16(17)19/h2-3,6-7,10-11,18H,4-5,8-9H2,1H3,(H2,17,19). The molecule has 2 aromatic rings. The second-order valence-electron chi connectivity index (χ2n) is 4.88. The zero-order valence-corrected chi connectivity index (χ0v) is 11.3. The average molecular weight is 256 g/mol. The summed E-state index contributed by atoms with van der Waals surface area (Å²) < 4.78 is 0. The molecule has 0 spiro atoms. The number of aryl methyl sites for hydroxylation is 3. The van der Waals surface area contributed by atoms with Gasteiger partial charge in [-0.3, -0.25) is 4.79 Å². The molecule has 3 nitrogen and oxygen atoms in total. The molecular weight excluding hydrogens is 236 g/mol. The Kier molecular flexibility index (Phi) is 4.39. The van der Waals surface area contributed by atoms with Gasteiger partial charge in [0.05, 0.1) is 0 Å². The predicted octanol–water partition coefficient (Wildman–Crippen LogP) is 2.99. The van der Waals surface area contributed by atoms with E-state index in [-0.39, 0.29) is 5.91 Å². The van der Waals surface area contributed by atoms with E-state index in [1.54, 1.807) is 6.20 Å². The van der Waals surface area contributed by atoms with Crippen LogP contribution in [-0.2, 0) is 12.8 Å². The monoisotopic (exact) mass is 256 g/mol. The Morgan fingerprint density at radius 1 is 1.11 bits per heavy atom. The van der Waals surface area contributed by atoms with Crippen LogP contribution < -0.4 is 5.73 Å². The number of hydrogen-bond donors (Lipinski definition) is 2. The van der Waals surface area contributed by atoms with Crippen LogP contribution in [-0.4, -0.2) is 10.9 Å². The van der Waals surface area contributed by atoms with Crippen LogP contribution >= 0.6 is 0 Å². The highest BCUT2D eigenvalue weighted by Crippen LogP contribution is 2.14. The van der Waals surface area contributed by atoms with Crippen LogP contribution in [0.3, 0.4) is 0 Å². The molecule has 0 saturated carbocycles. The number of benzene rings is 1. The van der Waals surface area contributed by atoms with E-state index in [2.05, 4.69) is 36.2 Å². The van der Waals surface area contributed by atoms with E-state index in [4.69, 9.17) is 5.73 Å². The molecule has 3 heteroatoms. The first-order valence-electron chi connectivity index (χ1n) is 6.69.